The summed E-state index contributed by atoms with van der Waals surface area (Å²) in [5.41, 5.74) is 10.4. The molecule has 2 fully saturated rings. The average molecular weight is 603 g/mol. The van der Waals surface area contributed by atoms with Crippen LogP contribution < -0.4 is 16.8 Å². The summed E-state index contributed by atoms with van der Waals surface area (Å²) >= 11 is 0. The number of esters is 1. The summed E-state index contributed by atoms with van der Waals surface area (Å²) in [4.78, 5) is 36.8. The number of carbonyl (C=O) groups excluding carboxylic acids is 3. The van der Waals surface area contributed by atoms with Gasteiger partial charge in [-0.25, -0.2) is 9.59 Å². The summed E-state index contributed by atoms with van der Waals surface area (Å²) in [5.74, 6) is 0.496. The molecule has 43 heavy (non-hydrogen) atoms. The number of primary amides is 2. The third kappa shape index (κ3) is 15.5. The highest BCUT2D eigenvalue weighted by atomic mass is 16.6. The summed E-state index contributed by atoms with van der Waals surface area (Å²) in [5, 5.41) is 3.30. The number of ether oxygens (including phenoxy) is 2. The zero-order chi connectivity index (χ0) is 31.8. The SMILES string of the molecule is CCC(CC[C@@H]1CCC[C@H](OCCN(Cc2ccc(C)cc2)C(=O)NC2CCCCC2)C1)C(=O)OC(C)(C)C.NC(N)=O. The molecule has 2 aliphatic rings. The number of urea groups is 2. The first-order valence-electron chi connectivity index (χ1n) is 16.4. The van der Waals surface area contributed by atoms with Gasteiger partial charge >= 0.3 is 18.0 Å². The molecule has 1 aromatic carbocycles. The van der Waals surface area contributed by atoms with Gasteiger partial charge in [-0.05, 0) is 84.1 Å². The molecule has 244 valence electrons. The van der Waals surface area contributed by atoms with Gasteiger partial charge in [0.05, 0.1) is 18.6 Å². The molecule has 0 bridgehead atoms. The molecule has 0 aliphatic heterocycles. The van der Waals surface area contributed by atoms with Crippen LogP contribution in [-0.2, 0) is 20.8 Å². The number of rotatable bonds is 12. The summed E-state index contributed by atoms with van der Waals surface area (Å²) in [6.07, 6.45) is 13.3. The number of aryl methyl sites for hydroxylation is 1. The Morgan fingerprint density at radius 1 is 1.00 bits per heavy atom. The van der Waals surface area contributed by atoms with E-state index in [-0.39, 0.29) is 24.0 Å². The lowest BCUT2D eigenvalue weighted by atomic mass is 9.82. The minimum atomic E-state index is -0.833. The molecule has 0 radical (unpaired) electrons. The third-order valence-corrected chi connectivity index (χ3v) is 8.32. The molecule has 4 amide bonds. The van der Waals surface area contributed by atoms with Crippen LogP contribution in [0.2, 0.25) is 0 Å². The standard InChI is InChI=1S/C33H54N2O4.CH4N2O/c1-6-28(31(36)39-33(3,4)5)20-19-26-11-10-14-30(23-26)38-22-21-35(24-27-17-15-25(2)16-18-27)32(37)34-29-12-8-7-9-13-29;2-1(3)4/h15-18,26,28-30H,6-14,19-24H2,1-5H3,(H,34,37);(H4,2,3,4)/t26-,28?,30-;/m0./s1. The molecular formula is C34H58N4O5. The quantitative estimate of drug-likeness (QED) is 0.232. The van der Waals surface area contributed by atoms with E-state index in [9.17, 15) is 9.59 Å². The van der Waals surface area contributed by atoms with E-state index in [1.165, 1.54) is 31.2 Å². The first kappa shape index (κ1) is 36.4. The number of hydrogen-bond donors (Lipinski definition) is 3. The van der Waals surface area contributed by atoms with Crippen molar-refractivity contribution < 1.29 is 23.9 Å². The van der Waals surface area contributed by atoms with Crippen molar-refractivity contribution in [3.63, 3.8) is 0 Å². The summed E-state index contributed by atoms with van der Waals surface area (Å²) in [6.45, 7) is 11.7. The zero-order valence-electron chi connectivity index (χ0n) is 27.4. The number of benzene rings is 1. The van der Waals surface area contributed by atoms with Gasteiger partial charge in [-0.3, -0.25) is 4.79 Å². The molecule has 2 saturated carbocycles. The fraction of sp³-hybridized carbons (Fsp3) is 0.735. The van der Waals surface area contributed by atoms with E-state index in [0.717, 1.165) is 56.9 Å². The molecule has 3 atom stereocenters. The van der Waals surface area contributed by atoms with Crippen molar-refractivity contribution in [2.75, 3.05) is 13.2 Å². The maximum atomic E-state index is 13.3. The van der Waals surface area contributed by atoms with Crippen molar-refractivity contribution in [2.24, 2.45) is 23.3 Å². The van der Waals surface area contributed by atoms with Crippen LogP contribution in [0.1, 0.15) is 116 Å². The molecule has 9 nitrogen and oxygen atoms in total. The minimum absolute atomic E-state index is 0.0245. The van der Waals surface area contributed by atoms with Crippen molar-refractivity contribution >= 4 is 18.0 Å². The topological polar surface area (TPSA) is 137 Å². The van der Waals surface area contributed by atoms with E-state index in [1.54, 1.807) is 0 Å². The van der Waals surface area contributed by atoms with E-state index >= 15 is 0 Å². The van der Waals surface area contributed by atoms with Crippen molar-refractivity contribution in [2.45, 2.75) is 136 Å². The third-order valence-electron chi connectivity index (χ3n) is 8.32. The molecular weight excluding hydrogens is 544 g/mol. The fourth-order valence-corrected chi connectivity index (χ4v) is 5.97. The predicted octanol–water partition coefficient (Wildman–Crippen LogP) is 6.59. The van der Waals surface area contributed by atoms with Crippen molar-refractivity contribution in [1.29, 1.82) is 0 Å². The van der Waals surface area contributed by atoms with Crippen LogP contribution in [0.15, 0.2) is 24.3 Å². The highest BCUT2D eigenvalue weighted by Crippen LogP contribution is 2.32. The highest BCUT2D eigenvalue weighted by Gasteiger charge is 2.28. The van der Waals surface area contributed by atoms with Crippen molar-refractivity contribution in [3.05, 3.63) is 35.4 Å². The second kappa shape index (κ2) is 18.8. The van der Waals surface area contributed by atoms with Crippen molar-refractivity contribution in [1.82, 2.24) is 10.2 Å². The van der Waals surface area contributed by atoms with Gasteiger partial charge in [-0.1, -0.05) is 68.9 Å². The molecule has 3 rings (SSSR count). The Bertz CT molecular complexity index is 968. The number of carbonyl (C=O) groups is 3. The Balaban J connectivity index is 0.00000151. The van der Waals surface area contributed by atoms with Crippen molar-refractivity contribution in [3.8, 4) is 0 Å². The van der Waals surface area contributed by atoms with E-state index in [0.29, 0.717) is 31.7 Å². The Kier molecular flexibility index (Phi) is 15.9. The van der Waals surface area contributed by atoms with Crippen LogP contribution in [0.4, 0.5) is 9.59 Å². The summed E-state index contributed by atoms with van der Waals surface area (Å²) < 4.78 is 12.0. The maximum Gasteiger partial charge on any atom is 0.317 e. The van der Waals surface area contributed by atoms with Gasteiger partial charge in [-0.2, -0.15) is 0 Å². The number of nitrogens with zero attached hydrogens (tertiary/aromatic N) is 1. The van der Waals surface area contributed by atoms with Crippen LogP contribution in [0.3, 0.4) is 0 Å². The summed E-state index contributed by atoms with van der Waals surface area (Å²) in [7, 11) is 0. The number of amides is 4. The molecule has 5 N–H and O–H groups in total. The smallest absolute Gasteiger partial charge is 0.317 e. The highest BCUT2D eigenvalue weighted by molar-refractivity contribution is 5.74. The minimum Gasteiger partial charge on any atom is -0.460 e. The first-order chi connectivity index (χ1) is 20.4. The molecule has 0 spiro atoms. The lowest BCUT2D eigenvalue weighted by molar-refractivity contribution is -0.160. The van der Waals surface area contributed by atoms with Crippen LogP contribution >= 0.6 is 0 Å². The second-order valence-electron chi connectivity index (χ2n) is 13.3. The molecule has 1 aromatic rings. The lowest BCUT2D eigenvalue weighted by Crippen LogP contribution is -2.46. The second-order valence-corrected chi connectivity index (χ2v) is 13.3. The van der Waals surface area contributed by atoms with E-state index in [4.69, 9.17) is 14.3 Å². The molecule has 0 heterocycles. The fourth-order valence-electron chi connectivity index (χ4n) is 5.97. The zero-order valence-corrected chi connectivity index (χ0v) is 27.4. The lowest BCUT2D eigenvalue weighted by Gasteiger charge is -2.32. The Morgan fingerprint density at radius 2 is 1.65 bits per heavy atom. The molecule has 9 heteroatoms. The van der Waals surface area contributed by atoms with Crippen LogP contribution in [0.25, 0.3) is 0 Å². The largest absolute Gasteiger partial charge is 0.460 e. The van der Waals surface area contributed by atoms with Crippen LogP contribution in [0, 0.1) is 18.8 Å². The average Bonchev–Trinajstić information content (AvgIpc) is 2.93. The monoisotopic (exact) mass is 602 g/mol. The predicted molar refractivity (Wildman–Crippen MR) is 171 cm³/mol. The molecule has 2 aliphatic carbocycles. The van der Waals surface area contributed by atoms with Gasteiger partial charge in [0.15, 0.2) is 0 Å². The van der Waals surface area contributed by atoms with Gasteiger partial charge in [0, 0.05) is 19.1 Å². The summed E-state index contributed by atoms with van der Waals surface area (Å²) in [6, 6.07) is 7.93. The molecule has 1 unspecified atom stereocenters. The van der Waals surface area contributed by atoms with Gasteiger partial charge in [-0.15, -0.1) is 0 Å². The maximum absolute atomic E-state index is 13.3. The molecule has 0 aromatic heterocycles. The van der Waals surface area contributed by atoms with Crippen LogP contribution in [0.5, 0.6) is 0 Å². The van der Waals surface area contributed by atoms with E-state index in [2.05, 4.69) is 54.9 Å². The number of hydrogen-bond acceptors (Lipinski definition) is 5. The van der Waals surface area contributed by atoms with Gasteiger partial charge in [0.2, 0.25) is 0 Å². The van der Waals surface area contributed by atoms with Gasteiger partial charge < -0.3 is 31.2 Å². The van der Waals surface area contributed by atoms with Gasteiger partial charge in [0.1, 0.15) is 5.60 Å². The Morgan fingerprint density at radius 3 is 2.26 bits per heavy atom. The number of nitrogens with two attached hydrogens (primary N) is 2. The van der Waals surface area contributed by atoms with Gasteiger partial charge in [0.25, 0.3) is 0 Å². The molecule has 0 saturated heterocycles. The van der Waals surface area contributed by atoms with Crippen LogP contribution in [-0.4, -0.2) is 53.8 Å². The first-order valence-corrected chi connectivity index (χ1v) is 16.4. The Labute approximate surface area is 259 Å². The normalized spacial score (nSPS) is 19.8. The van der Waals surface area contributed by atoms with E-state index < -0.39 is 11.6 Å². The van der Waals surface area contributed by atoms with E-state index in [1.807, 2.05) is 25.7 Å². The number of nitrogens with one attached hydrogen (secondary N) is 1. The Hall–Kier alpha value is -2.81.